The second kappa shape index (κ2) is 1.80. The molecule has 1 heterocycles. The van der Waals surface area contributed by atoms with Gasteiger partial charge in [-0.15, -0.1) is 0 Å². The van der Waals surface area contributed by atoms with E-state index in [2.05, 4.69) is 6.92 Å². The van der Waals surface area contributed by atoms with E-state index in [1.807, 2.05) is 0 Å². The molecule has 7 heavy (non-hydrogen) atoms. The first-order chi connectivity index (χ1) is 3.29. The van der Waals surface area contributed by atoms with Gasteiger partial charge in [-0.05, 0) is 5.92 Å². The van der Waals surface area contributed by atoms with Gasteiger partial charge in [-0.1, -0.05) is 6.92 Å². The van der Waals surface area contributed by atoms with Gasteiger partial charge in [-0.25, -0.2) is 0 Å². The van der Waals surface area contributed by atoms with Crippen LogP contribution in [0.25, 0.3) is 0 Å². The summed E-state index contributed by atoms with van der Waals surface area (Å²) < 4.78 is 4.82. The summed E-state index contributed by atoms with van der Waals surface area (Å²) in [5.74, 6) is 0.551. The van der Waals surface area contributed by atoms with Gasteiger partial charge >= 0.3 is 0 Å². The van der Waals surface area contributed by atoms with Gasteiger partial charge in [0.15, 0.2) is 6.29 Å². The van der Waals surface area contributed by atoms with Gasteiger partial charge in [0.2, 0.25) is 0 Å². The topological polar surface area (TPSA) is 29.5 Å². The molecule has 1 aliphatic rings. The lowest BCUT2D eigenvalue weighted by atomic mass is 10.1. The van der Waals surface area contributed by atoms with Gasteiger partial charge < -0.3 is 9.84 Å². The number of hydrogen-bond donors (Lipinski definition) is 1. The summed E-state index contributed by atoms with van der Waals surface area (Å²) >= 11 is 0. The molecule has 42 valence electrons. The van der Waals surface area contributed by atoms with Gasteiger partial charge in [0.05, 0.1) is 6.61 Å². The minimum Gasteiger partial charge on any atom is -0.368 e. The quantitative estimate of drug-likeness (QED) is 0.478. The second-order valence-corrected chi connectivity index (χ2v) is 2.13. The van der Waals surface area contributed by atoms with Crippen LogP contribution in [0.3, 0.4) is 0 Å². The number of aliphatic hydroxyl groups is 1. The SMILES string of the molecule is CC1CO[C@@H](O)C1. The van der Waals surface area contributed by atoms with Crippen LogP contribution >= 0.6 is 0 Å². The zero-order chi connectivity index (χ0) is 5.28. The molecule has 1 unspecified atom stereocenters. The Balaban J connectivity index is 2.26. The van der Waals surface area contributed by atoms with Crippen molar-refractivity contribution >= 4 is 0 Å². The first-order valence-corrected chi connectivity index (χ1v) is 2.58. The molecule has 0 aliphatic carbocycles. The minimum atomic E-state index is -0.477. The fourth-order valence-corrected chi connectivity index (χ4v) is 0.756. The molecular weight excluding hydrogens is 92.1 g/mol. The highest BCUT2D eigenvalue weighted by Gasteiger charge is 2.18. The van der Waals surface area contributed by atoms with E-state index >= 15 is 0 Å². The van der Waals surface area contributed by atoms with Crippen LogP contribution in [0, 0.1) is 5.92 Å². The Labute approximate surface area is 43.1 Å². The van der Waals surface area contributed by atoms with E-state index < -0.39 is 6.29 Å². The molecule has 0 saturated carbocycles. The van der Waals surface area contributed by atoms with Gasteiger partial charge in [0.1, 0.15) is 0 Å². The molecule has 0 aromatic rings. The van der Waals surface area contributed by atoms with Crippen molar-refractivity contribution in [1.29, 1.82) is 0 Å². The van der Waals surface area contributed by atoms with Crippen molar-refractivity contribution in [1.82, 2.24) is 0 Å². The van der Waals surface area contributed by atoms with Gasteiger partial charge in [0, 0.05) is 6.42 Å². The Morgan fingerprint density at radius 1 is 1.71 bits per heavy atom. The van der Waals surface area contributed by atoms with E-state index in [1.165, 1.54) is 0 Å². The minimum absolute atomic E-state index is 0.477. The molecule has 0 spiro atoms. The smallest absolute Gasteiger partial charge is 0.154 e. The summed E-state index contributed by atoms with van der Waals surface area (Å²) in [7, 11) is 0. The summed E-state index contributed by atoms with van der Waals surface area (Å²) in [5, 5.41) is 8.68. The summed E-state index contributed by atoms with van der Waals surface area (Å²) in [5.41, 5.74) is 0. The van der Waals surface area contributed by atoms with Crippen molar-refractivity contribution in [2.45, 2.75) is 19.6 Å². The van der Waals surface area contributed by atoms with E-state index in [4.69, 9.17) is 9.84 Å². The molecule has 0 aromatic carbocycles. The van der Waals surface area contributed by atoms with Crippen LogP contribution in [0.4, 0.5) is 0 Å². The average molecular weight is 102 g/mol. The summed E-state index contributed by atoms with van der Waals surface area (Å²) in [6, 6.07) is 0. The summed E-state index contributed by atoms with van der Waals surface area (Å²) in [4.78, 5) is 0. The standard InChI is InChI=1S/C5H10O2/c1-4-2-5(6)7-3-4/h4-6H,2-3H2,1H3/t4?,5-/m1/s1. The molecule has 0 radical (unpaired) electrons. The van der Waals surface area contributed by atoms with Gasteiger partial charge in [-0.3, -0.25) is 0 Å². The maximum atomic E-state index is 8.68. The summed E-state index contributed by atoms with van der Waals surface area (Å²) in [6.07, 6.45) is 0.329. The Bertz CT molecular complexity index is 55.1. The zero-order valence-electron chi connectivity index (χ0n) is 4.42. The molecule has 1 fully saturated rings. The van der Waals surface area contributed by atoms with Crippen molar-refractivity contribution in [3.63, 3.8) is 0 Å². The Morgan fingerprint density at radius 3 is 2.57 bits per heavy atom. The monoisotopic (exact) mass is 102 g/mol. The third-order valence-corrected chi connectivity index (χ3v) is 1.18. The van der Waals surface area contributed by atoms with Crippen LogP contribution in [-0.2, 0) is 4.74 Å². The lowest BCUT2D eigenvalue weighted by molar-refractivity contribution is -0.0591. The highest BCUT2D eigenvalue weighted by Crippen LogP contribution is 2.15. The van der Waals surface area contributed by atoms with E-state index in [9.17, 15) is 0 Å². The van der Waals surface area contributed by atoms with Crippen LogP contribution in [0.1, 0.15) is 13.3 Å². The lowest BCUT2D eigenvalue weighted by Crippen LogP contribution is -2.00. The van der Waals surface area contributed by atoms with Gasteiger partial charge in [0.25, 0.3) is 0 Å². The Morgan fingerprint density at radius 2 is 2.43 bits per heavy atom. The molecule has 1 rings (SSSR count). The number of aliphatic hydroxyl groups excluding tert-OH is 1. The van der Waals surface area contributed by atoms with Crippen LogP contribution in [0.2, 0.25) is 0 Å². The first-order valence-electron chi connectivity index (χ1n) is 2.58. The van der Waals surface area contributed by atoms with Crippen LogP contribution < -0.4 is 0 Å². The van der Waals surface area contributed by atoms with Crippen molar-refractivity contribution in [3.05, 3.63) is 0 Å². The first kappa shape index (κ1) is 5.06. The molecule has 2 atom stereocenters. The third kappa shape index (κ3) is 1.14. The predicted octanol–water partition coefficient (Wildman–Crippen LogP) is 0.361. The van der Waals surface area contributed by atoms with E-state index in [-0.39, 0.29) is 0 Å². The molecule has 0 aromatic heterocycles. The molecule has 2 heteroatoms. The number of rotatable bonds is 0. The highest BCUT2D eigenvalue weighted by atomic mass is 16.6. The second-order valence-electron chi connectivity index (χ2n) is 2.13. The molecule has 0 amide bonds. The van der Waals surface area contributed by atoms with Crippen LogP contribution in [-0.4, -0.2) is 18.0 Å². The fraction of sp³-hybridized carbons (Fsp3) is 1.00. The van der Waals surface area contributed by atoms with Crippen molar-refractivity contribution in [2.24, 2.45) is 5.92 Å². The predicted molar refractivity (Wildman–Crippen MR) is 25.7 cm³/mol. The maximum absolute atomic E-state index is 8.68. The van der Waals surface area contributed by atoms with Crippen molar-refractivity contribution in [3.8, 4) is 0 Å². The van der Waals surface area contributed by atoms with E-state index in [0.29, 0.717) is 5.92 Å². The zero-order valence-corrected chi connectivity index (χ0v) is 4.42. The average Bonchev–Trinajstić information content (AvgIpc) is 1.87. The molecule has 1 saturated heterocycles. The fourth-order valence-electron chi connectivity index (χ4n) is 0.756. The number of ether oxygens (including phenoxy) is 1. The van der Waals surface area contributed by atoms with E-state index in [1.54, 1.807) is 0 Å². The number of hydrogen-bond acceptors (Lipinski definition) is 2. The molecule has 0 bridgehead atoms. The molecule has 1 N–H and O–H groups in total. The van der Waals surface area contributed by atoms with E-state index in [0.717, 1.165) is 13.0 Å². The van der Waals surface area contributed by atoms with Crippen molar-refractivity contribution in [2.75, 3.05) is 6.61 Å². The maximum Gasteiger partial charge on any atom is 0.154 e. The Hall–Kier alpha value is -0.0800. The largest absolute Gasteiger partial charge is 0.368 e. The molecular formula is C5H10O2. The molecule has 1 aliphatic heterocycles. The Kier molecular flexibility index (Phi) is 1.30. The normalized spacial score (nSPS) is 42.0. The highest BCUT2D eigenvalue weighted by molar-refractivity contribution is 4.60. The van der Waals surface area contributed by atoms with Gasteiger partial charge in [-0.2, -0.15) is 0 Å². The lowest BCUT2D eigenvalue weighted by Gasteiger charge is -1.94. The van der Waals surface area contributed by atoms with Crippen LogP contribution in [0.5, 0.6) is 0 Å². The van der Waals surface area contributed by atoms with Crippen LogP contribution in [0.15, 0.2) is 0 Å². The molecule has 2 nitrogen and oxygen atoms in total. The summed E-state index contributed by atoms with van der Waals surface area (Å²) in [6.45, 7) is 2.79. The van der Waals surface area contributed by atoms with Crippen molar-refractivity contribution < 1.29 is 9.84 Å². The third-order valence-electron chi connectivity index (χ3n) is 1.18.